The number of benzene rings is 1. The molecule has 1 nitrogen and oxygen atoms in total. The van der Waals surface area contributed by atoms with E-state index in [4.69, 9.17) is 4.74 Å². The molecule has 0 saturated carbocycles. The molecule has 0 aliphatic heterocycles. The fourth-order valence-electron chi connectivity index (χ4n) is 1.97. The Hall–Kier alpha value is -0.320. The highest BCUT2D eigenvalue weighted by Gasteiger charge is 2.18. The van der Waals surface area contributed by atoms with Gasteiger partial charge in [-0.25, -0.2) is 0 Å². The van der Waals surface area contributed by atoms with E-state index in [9.17, 15) is 0 Å². The van der Waals surface area contributed by atoms with Crippen molar-refractivity contribution in [2.45, 2.75) is 25.1 Å². The molecule has 1 aromatic carbocycles. The van der Waals surface area contributed by atoms with E-state index in [1.165, 1.54) is 16.0 Å². The van der Waals surface area contributed by atoms with E-state index in [1.54, 1.807) is 11.3 Å². The third-order valence-electron chi connectivity index (χ3n) is 2.95. The number of alkyl halides is 1. The number of halogens is 2. The van der Waals surface area contributed by atoms with Crippen molar-refractivity contribution in [3.8, 4) is 5.75 Å². The minimum absolute atomic E-state index is 0.229. The van der Waals surface area contributed by atoms with Crippen LogP contribution >= 0.6 is 43.2 Å². The lowest BCUT2D eigenvalue weighted by Gasteiger charge is -2.14. The quantitative estimate of drug-likeness (QED) is 0.560. The number of aryl methyl sites for hydroxylation is 1. The van der Waals surface area contributed by atoms with Gasteiger partial charge >= 0.3 is 0 Å². The van der Waals surface area contributed by atoms with Crippen molar-refractivity contribution in [1.82, 2.24) is 0 Å². The van der Waals surface area contributed by atoms with Crippen LogP contribution in [0.15, 0.2) is 34.1 Å². The summed E-state index contributed by atoms with van der Waals surface area (Å²) in [5.74, 6) is 0.903. The van der Waals surface area contributed by atoms with Crippen molar-refractivity contribution in [3.63, 3.8) is 0 Å². The first kappa shape index (κ1) is 15.1. The second kappa shape index (κ2) is 6.91. The fraction of sp³-hybridized carbons (Fsp3) is 0.333. The van der Waals surface area contributed by atoms with Gasteiger partial charge in [0, 0.05) is 9.35 Å². The van der Waals surface area contributed by atoms with Gasteiger partial charge in [-0.1, -0.05) is 44.8 Å². The molecular weight excluding hydrogens is 388 g/mol. The first-order valence-electron chi connectivity index (χ1n) is 6.29. The molecule has 0 saturated heterocycles. The Morgan fingerprint density at radius 2 is 2.05 bits per heavy atom. The van der Waals surface area contributed by atoms with Crippen LogP contribution in [0, 0.1) is 0 Å². The Morgan fingerprint density at radius 3 is 2.68 bits per heavy atom. The minimum Gasteiger partial charge on any atom is -0.494 e. The lowest BCUT2D eigenvalue weighted by molar-refractivity contribution is 0.340. The average Bonchev–Trinajstić information content (AvgIpc) is 2.87. The van der Waals surface area contributed by atoms with Crippen LogP contribution < -0.4 is 4.74 Å². The molecule has 1 heterocycles. The van der Waals surface area contributed by atoms with Crippen LogP contribution in [0.3, 0.4) is 0 Å². The maximum atomic E-state index is 5.51. The lowest BCUT2D eigenvalue weighted by atomic mass is 10.1. The van der Waals surface area contributed by atoms with Gasteiger partial charge in [0.05, 0.1) is 11.4 Å². The molecule has 0 aliphatic rings. The van der Waals surface area contributed by atoms with Crippen LogP contribution in [-0.2, 0) is 6.42 Å². The summed E-state index contributed by atoms with van der Waals surface area (Å²) >= 11 is 9.26. The van der Waals surface area contributed by atoms with Crippen molar-refractivity contribution >= 4 is 43.2 Å². The number of hydrogen-bond acceptors (Lipinski definition) is 2. The molecule has 0 bridgehead atoms. The van der Waals surface area contributed by atoms with Gasteiger partial charge in [0.25, 0.3) is 0 Å². The van der Waals surface area contributed by atoms with Gasteiger partial charge in [0.1, 0.15) is 5.75 Å². The van der Waals surface area contributed by atoms with Gasteiger partial charge in [-0.15, -0.1) is 11.3 Å². The summed E-state index contributed by atoms with van der Waals surface area (Å²) in [6, 6.07) is 8.38. The SMILES string of the molecule is CCOc1ccc(C(Br)c2sccc2CC)c(Br)c1. The van der Waals surface area contributed by atoms with E-state index in [2.05, 4.69) is 56.3 Å². The Labute approximate surface area is 135 Å². The number of rotatable bonds is 5. The molecule has 0 N–H and O–H groups in total. The molecule has 1 unspecified atom stereocenters. The highest BCUT2D eigenvalue weighted by Crippen LogP contribution is 2.40. The molecule has 0 fully saturated rings. The summed E-state index contributed by atoms with van der Waals surface area (Å²) in [4.78, 5) is 1.61. The second-order valence-corrected chi connectivity index (χ2v) is 6.86. The zero-order valence-corrected chi connectivity index (χ0v) is 14.9. The predicted octanol–water partition coefficient (Wildman–Crippen LogP) is 5.96. The van der Waals surface area contributed by atoms with Gasteiger partial charge in [-0.2, -0.15) is 0 Å². The highest BCUT2D eigenvalue weighted by molar-refractivity contribution is 9.11. The fourth-order valence-corrected chi connectivity index (χ4v) is 4.87. The van der Waals surface area contributed by atoms with Crippen molar-refractivity contribution in [1.29, 1.82) is 0 Å². The van der Waals surface area contributed by atoms with E-state index in [0.29, 0.717) is 6.61 Å². The first-order valence-corrected chi connectivity index (χ1v) is 8.88. The Bertz CT molecular complexity index is 551. The molecule has 2 aromatic rings. The maximum absolute atomic E-state index is 5.51. The summed E-state index contributed by atoms with van der Waals surface area (Å²) in [5, 5.41) is 2.16. The van der Waals surface area contributed by atoms with Gasteiger partial charge in [0.2, 0.25) is 0 Å². The first-order chi connectivity index (χ1) is 9.17. The summed E-state index contributed by atoms with van der Waals surface area (Å²) in [5.41, 5.74) is 2.65. The molecule has 0 radical (unpaired) electrons. The van der Waals surface area contributed by atoms with Crippen LogP contribution in [-0.4, -0.2) is 6.61 Å². The average molecular weight is 404 g/mol. The van der Waals surface area contributed by atoms with E-state index in [1.807, 2.05) is 19.1 Å². The topological polar surface area (TPSA) is 9.23 Å². The van der Waals surface area contributed by atoms with Crippen LogP contribution in [0.2, 0.25) is 0 Å². The molecule has 2 rings (SSSR count). The van der Waals surface area contributed by atoms with Gasteiger partial charge in [0.15, 0.2) is 0 Å². The Kier molecular flexibility index (Phi) is 5.48. The summed E-state index contributed by atoms with van der Waals surface area (Å²) in [6.45, 7) is 4.88. The largest absolute Gasteiger partial charge is 0.494 e. The zero-order chi connectivity index (χ0) is 13.8. The molecule has 0 amide bonds. The highest BCUT2D eigenvalue weighted by atomic mass is 79.9. The summed E-state index contributed by atoms with van der Waals surface area (Å²) in [6.07, 6.45) is 1.07. The molecule has 1 aromatic heterocycles. The van der Waals surface area contributed by atoms with Crippen molar-refractivity contribution in [2.24, 2.45) is 0 Å². The summed E-state index contributed by atoms with van der Waals surface area (Å²) in [7, 11) is 0. The molecule has 4 heteroatoms. The van der Waals surface area contributed by atoms with Crippen molar-refractivity contribution in [3.05, 3.63) is 50.1 Å². The van der Waals surface area contributed by atoms with Gasteiger partial charge < -0.3 is 4.74 Å². The van der Waals surface area contributed by atoms with Gasteiger partial charge in [-0.05, 0) is 48.1 Å². The van der Waals surface area contributed by atoms with Crippen molar-refractivity contribution < 1.29 is 4.74 Å². The van der Waals surface area contributed by atoms with Crippen LogP contribution in [0.4, 0.5) is 0 Å². The predicted molar refractivity (Wildman–Crippen MR) is 89.8 cm³/mol. The number of ether oxygens (including phenoxy) is 1. The normalized spacial score (nSPS) is 12.4. The molecular formula is C15H16Br2OS. The van der Waals surface area contributed by atoms with E-state index < -0.39 is 0 Å². The van der Waals surface area contributed by atoms with Crippen LogP contribution in [0.5, 0.6) is 5.75 Å². The molecule has 0 aliphatic carbocycles. The van der Waals surface area contributed by atoms with Crippen LogP contribution in [0.25, 0.3) is 0 Å². The van der Waals surface area contributed by atoms with Crippen molar-refractivity contribution in [2.75, 3.05) is 6.61 Å². The summed E-state index contributed by atoms with van der Waals surface area (Å²) < 4.78 is 6.59. The molecule has 0 spiro atoms. The lowest BCUT2D eigenvalue weighted by Crippen LogP contribution is -1.97. The third kappa shape index (κ3) is 3.41. The second-order valence-electron chi connectivity index (χ2n) is 4.14. The van der Waals surface area contributed by atoms with Gasteiger partial charge in [-0.3, -0.25) is 0 Å². The minimum atomic E-state index is 0.229. The Balaban J connectivity index is 2.31. The van der Waals surface area contributed by atoms with Crippen LogP contribution in [0.1, 0.15) is 34.7 Å². The molecule has 1 atom stereocenters. The van der Waals surface area contributed by atoms with E-state index in [-0.39, 0.29) is 4.83 Å². The smallest absolute Gasteiger partial charge is 0.120 e. The van der Waals surface area contributed by atoms with E-state index >= 15 is 0 Å². The van der Waals surface area contributed by atoms with E-state index in [0.717, 1.165) is 16.6 Å². The monoisotopic (exact) mass is 402 g/mol. The Morgan fingerprint density at radius 1 is 1.26 bits per heavy atom. The number of thiophene rings is 1. The maximum Gasteiger partial charge on any atom is 0.120 e. The molecule has 19 heavy (non-hydrogen) atoms. The third-order valence-corrected chi connectivity index (χ3v) is 5.91. The standard InChI is InChI=1S/C15H16Br2OS/c1-3-10-7-8-19-15(10)14(17)12-6-5-11(18-4-2)9-13(12)16/h5-9,14H,3-4H2,1-2H3. The zero-order valence-electron chi connectivity index (χ0n) is 11.0. The molecule has 102 valence electrons. The number of hydrogen-bond donors (Lipinski definition) is 0.